The minimum absolute atomic E-state index is 0.269. The van der Waals surface area contributed by atoms with Gasteiger partial charge in [0.25, 0.3) is 0 Å². The molecule has 3 nitrogen and oxygen atoms in total. The molecule has 0 spiro atoms. The normalized spacial score (nSPS) is 15.3. The fourth-order valence-corrected chi connectivity index (χ4v) is 1.47. The van der Waals surface area contributed by atoms with Gasteiger partial charge in [-0.1, -0.05) is 26.1 Å². The van der Waals surface area contributed by atoms with Crippen LogP contribution in [-0.2, 0) is 4.74 Å². The van der Waals surface area contributed by atoms with Crippen molar-refractivity contribution >= 4 is 17.2 Å². The number of hydrogen-bond donors (Lipinski definition) is 1. The summed E-state index contributed by atoms with van der Waals surface area (Å²) in [6, 6.07) is 0.553. The van der Waals surface area contributed by atoms with Gasteiger partial charge in [0.05, 0.1) is 11.6 Å². The van der Waals surface area contributed by atoms with Gasteiger partial charge in [-0.05, 0) is 13.3 Å². The van der Waals surface area contributed by atoms with E-state index >= 15 is 0 Å². The molecule has 2 atom stereocenters. The third kappa shape index (κ3) is 6.07. The molecule has 0 bridgehead atoms. The molecule has 15 heavy (non-hydrogen) atoms. The molecule has 0 aromatic rings. The summed E-state index contributed by atoms with van der Waals surface area (Å²) in [5, 5.41) is 0. The number of methoxy groups -OCH3 is 1. The molecule has 4 heteroatoms. The molecule has 0 fully saturated rings. The Labute approximate surface area is 99.0 Å². The van der Waals surface area contributed by atoms with Gasteiger partial charge in [0.2, 0.25) is 0 Å². The summed E-state index contributed by atoms with van der Waals surface area (Å²) in [6.07, 6.45) is 1.13. The number of thiocarbonyl (C=S) groups is 1. The highest BCUT2D eigenvalue weighted by Gasteiger charge is 2.16. The van der Waals surface area contributed by atoms with Crippen molar-refractivity contribution in [1.29, 1.82) is 0 Å². The van der Waals surface area contributed by atoms with Crippen LogP contribution in [0.5, 0.6) is 0 Å². The van der Waals surface area contributed by atoms with Crippen molar-refractivity contribution in [3.63, 3.8) is 0 Å². The van der Waals surface area contributed by atoms with Crippen LogP contribution in [0.1, 0.15) is 27.2 Å². The summed E-state index contributed by atoms with van der Waals surface area (Å²) in [6.45, 7) is 9.11. The Morgan fingerprint density at radius 1 is 1.47 bits per heavy atom. The van der Waals surface area contributed by atoms with Crippen molar-refractivity contribution in [3.8, 4) is 0 Å². The smallest absolute Gasteiger partial charge is 0.0768 e. The Morgan fingerprint density at radius 2 is 2.07 bits per heavy atom. The highest BCUT2D eigenvalue weighted by molar-refractivity contribution is 7.80. The molecule has 0 radical (unpaired) electrons. The van der Waals surface area contributed by atoms with Crippen molar-refractivity contribution in [3.05, 3.63) is 0 Å². The monoisotopic (exact) mass is 232 g/mol. The van der Waals surface area contributed by atoms with Gasteiger partial charge in [-0.3, -0.25) is 4.90 Å². The number of nitrogens with two attached hydrogens (primary N) is 1. The Kier molecular flexibility index (Phi) is 7.92. The lowest BCUT2D eigenvalue weighted by molar-refractivity contribution is 0.118. The van der Waals surface area contributed by atoms with Gasteiger partial charge in [-0.15, -0.1) is 0 Å². The summed E-state index contributed by atoms with van der Waals surface area (Å²) in [4.78, 5) is 2.98. The average molecular weight is 232 g/mol. The first-order valence-electron chi connectivity index (χ1n) is 5.55. The molecule has 2 N–H and O–H groups in total. The van der Waals surface area contributed by atoms with Gasteiger partial charge in [0.1, 0.15) is 0 Å². The maximum absolute atomic E-state index is 5.63. The highest BCUT2D eigenvalue weighted by atomic mass is 32.1. The van der Waals surface area contributed by atoms with Crippen LogP contribution in [-0.4, -0.2) is 42.7 Å². The van der Waals surface area contributed by atoms with Gasteiger partial charge in [0, 0.05) is 32.2 Å². The molecule has 0 aliphatic heterocycles. The lowest BCUT2D eigenvalue weighted by Crippen LogP contribution is -2.41. The van der Waals surface area contributed by atoms with Gasteiger partial charge >= 0.3 is 0 Å². The fourth-order valence-electron chi connectivity index (χ4n) is 1.40. The average Bonchev–Trinajstić information content (AvgIpc) is 2.22. The van der Waals surface area contributed by atoms with E-state index in [0.29, 0.717) is 11.0 Å². The maximum atomic E-state index is 5.63. The van der Waals surface area contributed by atoms with Crippen molar-refractivity contribution in [1.82, 2.24) is 4.90 Å². The third-order valence-electron chi connectivity index (χ3n) is 2.79. The van der Waals surface area contributed by atoms with E-state index in [4.69, 9.17) is 22.7 Å². The minimum Gasteiger partial charge on any atom is -0.393 e. The zero-order chi connectivity index (χ0) is 11.8. The summed E-state index contributed by atoms with van der Waals surface area (Å²) < 4.78 is 5.10. The van der Waals surface area contributed by atoms with Crippen LogP contribution < -0.4 is 5.73 Å². The molecule has 0 rings (SSSR count). The Morgan fingerprint density at radius 3 is 2.47 bits per heavy atom. The van der Waals surface area contributed by atoms with Crippen LogP contribution in [0.3, 0.4) is 0 Å². The number of rotatable bonds is 8. The molecule has 90 valence electrons. The number of ether oxygens (including phenoxy) is 1. The van der Waals surface area contributed by atoms with E-state index < -0.39 is 0 Å². The second-order valence-corrected chi connectivity index (χ2v) is 4.52. The first kappa shape index (κ1) is 14.8. The zero-order valence-corrected chi connectivity index (χ0v) is 11.1. The summed E-state index contributed by atoms with van der Waals surface area (Å²) in [5.41, 5.74) is 5.63. The van der Waals surface area contributed by atoms with Gasteiger partial charge in [-0.2, -0.15) is 0 Å². The standard InChI is InChI=1S/C11H24N2OS/c1-5-10(3)13(6-7-14-4)8-9(2)11(12)15/h9-10H,5-8H2,1-4H3,(H2,12,15). The molecule has 0 aliphatic carbocycles. The van der Waals surface area contributed by atoms with Crippen LogP contribution in [0.4, 0.5) is 0 Å². The molecule has 0 aromatic carbocycles. The predicted octanol–water partition coefficient (Wildman–Crippen LogP) is 1.66. The van der Waals surface area contributed by atoms with E-state index in [1.54, 1.807) is 7.11 Å². The molecule has 2 unspecified atom stereocenters. The first-order valence-corrected chi connectivity index (χ1v) is 5.96. The van der Waals surface area contributed by atoms with Crippen molar-refractivity contribution < 1.29 is 4.74 Å². The number of hydrogen-bond acceptors (Lipinski definition) is 3. The molecule has 0 saturated heterocycles. The minimum atomic E-state index is 0.269. The molecular weight excluding hydrogens is 208 g/mol. The lowest BCUT2D eigenvalue weighted by atomic mass is 10.1. The van der Waals surface area contributed by atoms with E-state index in [0.717, 1.165) is 26.1 Å². The first-order chi connectivity index (χ1) is 7.02. The SMILES string of the molecule is CCC(C)N(CCOC)CC(C)C(N)=S. The second-order valence-electron chi connectivity index (χ2n) is 4.05. The summed E-state index contributed by atoms with van der Waals surface area (Å²) in [7, 11) is 1.73. The van der Waals surface area contributed by atoms with Crippen molar-refractivity contribution in [2.24, 2.45) is 11.7 Å². The third-order valence-corrected chi connectivity index (χ3v) is 3.19. The van der Waals surface area contributed by atoms with E-state index in [1.165, 1.54) is 0 Å². The van der Waals surface area contributed by atoms with Gasteiger partial charge in [0.15, 0.2) is 0 Å². The molecule has 0 heterocycles. The molecule has 0 aromatic heterocycles. The van der Waals surface area contributed by atoms with E-state index in [2.05, 4.69) is 25.7 Å². The van der Waals surface area contributed by atoms with Crippen LogP contribution in [0, 0.1) is 5.92 Å². The molecule has 0 amide bonds. The van der Waals surface area contributed by atoms with E-state index in [9.17, 15) is 0 Å². The van der Waals surface area contributed by atoms with Crippen LogP contribution in [0.15, 0.2) is 0 Å². The fraction of sp³-hybridized carbons (Fsp3) is 0.909. The van der Waals surface area contributed by atoms with E-state index in [1.807, 2.05) is 0 Å². The predicted molar refractivity (Wildman–Crippen MR) is 69.2 cm³/mol. The Balaban J connectivity index is 4.16. The Bertz CT molecular complexity index is 187. The zero-order valence-electron chi connectivity index (χ0n) is 10.3. The highest BCUT2D eigenvalue weighted by Crippen LogP contribution is 2.07. The number of nitrogens with zero attached hydrogens (tertiary/aromatic N) is 1. The van der Waals surface area contributed by atoms with Crippen molar-refractivity contribution in [2.45, 2.75) is 33.2 Å². The maximum Gasteiger partial charge on any atom is 0.0768 e. The van der Waals surface area contributed by atoms with E-state index in [-0.39, 0.29) is 5.92 Å². The van der Waals surface area contributed by atoms with Crippen LogP contribution in [0.2, 0.25) is 0 Å². The quantitative estimate of drug-likeness (QED) is 0.646. The Hall–Kier alpha value is -0.190. The van der Waals surface area contributed by atoms with Gasteiger partial charge in [-0.25, -0.2) is 0 Å². The van der Waals surface area contributed by atoms with Crippen LogP contribution in [0.25, 0.3) is 0 Å². The second kappa shape index (κ2) is 8.02. The molecule has 0 saturated carbocycles. The largest absolute Gasteiger partial charge is 0.393 e. The molecular formula is C11H24N2OS. The summed E-state index contributed by atoms with van der Waals surface area (Å²) >= 11 is 4.99. The van der Waals surface area contributed by atoms with Crippen molar-refractivity contribution in [2.75, 3.05) is 26.8 Å². The topological polar surface area (TPSA) is 38.5 Å². The molecule has 0 aliphatic rings. The lowest BCUT2D eigenvalue weighted by Gasteiger charge is -2.30. The van der Waals surface area contributed by atoms with Gasteiger partial charge < -0.3 is 10.5 Å². The summed E-state index contributed by atoms with van der Waals surface area (Å²) in [5.74, 6) is 0.269. The van der Waals surface area contributed by atoms with Crippen LogP contribution >= 0.6 is 12.2 Å².